The number of halogens is 4. The summed E-state index contributed by atoms with van der Waals surface area (Å²) in [6.45, 7) is 17.1. The summed E-state index contributed by atoms with van der Waals surface area (Å²) in [7, 11) is 0. The summed E-state index contributed by atoms with van der Waals surface area (Å²) in [6.07, 6.45) is 2.61. The van der Waals surface area contributed by atoms with Crippen LogP contribution in [0.4, 0.5) is 46.7 Å². The van der Waals surface area contributed by atoms with Crippen molar-refractivity contribution in [3.05, 3.63) is 126 Å². The highest BCUT2D eigenvalue weighted by atomic mass is 79.9. The van der Waals surface area contributed by atoms with E-state index in [1.54, 1.807) is 24.3 Å². The Hall–Kier alpha value is -6.21. The topological polar surface area (TPSA) is 291 Å². The first kappa shape index (κ1) is 62.4. The van der Waals surface area contributed by atoms with E-state index in [4.69, 9.17) is 66.2 Å². The molecule has 3 aliphatic rings. The minimum absolute atomic E-state index is 0.00759. The molecule has 6 aromatic rings. The number of amides is 2. The first-order valence-corrected chi connectivity index (χ1v) is 28.3. The van der Waals surface area contributed by atoms with Gasteiger partial charge in [0.1, 0.15) is 28.7 Å². The average molecular weight is 1240 g/mol. The molecule has 9 rings (SSSR count). The van der Waals surface area contributed by atoms with E-state index in [1.165, 1.54) is 27.7 Å². The molecule has 0 bridgehead atoms. The Morgan fingerprint density at radius 3 is 1.12 bits per heavy atom. The fourth-order valence-electron chi connectivity index (χ4n) is 9.18. The second-order valence-corrected chi connectivity index (χ2v) is 22.9. The van der Waals surface area contributed by atoms with Gasteiger partial charge in [0.05, 0.1) is 37.9 Å². The van der Waals surface area contributed by atoms with Crippen molar-refractivity contribution < 1.29 is 34.0 Å². The Bertz CT molecular complexity index is 2960. The van der Waals surface area contributed by atoms with E-state index in [2.05, 4.69) is 71.2 Å². The van der Waals surface area contributed by atoms with Crippen LogP contribution in [0.3, 0.4) is 0 Å². The number of ether oxygens (including phenoxy) is 3. The van der Waals surface area contributed by atoms with Gasteiger partial charge in [0, 0.05) is 106 Å². The molecule has 25 heteroatoms. The number of hydrogen-bond acceptors (Lipinski definition) is 19. The number of rotatable bonds is 10. The Balaban J connectivity index is 0.000000177. The molecule has 81 heavy (non-hydrogen) atoms. The molecule has 3 aliphatic heterocycles. The van der Waals surface area contributed by atoms with Gasteiger partial charge in [-0.25, -0.2) is 15.0 Å². The summed E-state index contributed by atoms with van der Waals surface area (Å²) in [5.41, 5.74) is 20.7. The second-order valence-electron chi connectivity index (χ2n) is 20.8. The molecule has 3 saturated heterocycles. The molecule has 3 atom stereocenters. The highest BCUT2D eigenvalue weighted by molar-refractivity contribution is 9.10. The summed E-state index contributed by atoms with van der Waals surface area (Å²) in [4.78, 5) is 56.1. The molecule has 0 aliphatic carbocycles. The number of aryl methyl sites for hydroxylation is 3. The van der Waals surface area contributed by atoms with Crippen molar-refractivity contribution in [1.82, 2.24) is 29.9 Å². The summed E-state index contributed by atoms with van der Waals surface area (Å²) >= 11 is 23.1. The van der Waals surface area contributed by atoms with Crippen LogP contribution < -0.4 is 42.5 Å². The smallest absolute Gasteiger partial charge is 0.255 e. The van der Waals surface area contributed by atoms with Gasteiger partial charge in [0.2, 0.25) is 17.8 Å². The Kier molecular flexibility index (Phi) is 21.3. The molecule has 3 fully saturated rings. The zero-order valence-electron chi connectivity index (χ0n) is 46.4. The summed E-state index contributed by atoms with van der Waals surface area (Å²) < 4.78 is 18.3. The van der Waals surface area contributed by atoms with Gasteiger partial charge in [0.15, 0.2) is 0 Å². The van der Waals surface area contributed by atoms with Crippen LogP contribution in [-0.4, -0.2) is 122 Å². The minimum Gasteiger partial charge on any atom is -0.381 e. The predicted octanol–water partition coefficient (Wildman–Crippen LogP) is 9.15. The summed E-state index contributed by atoms with van der Waals surface area (Å²) in [5, 5.41) is 26.7. The van der Waals surface area contributed by atoms with Crippen LogP contribution in [0.1, 0.15) is 98.9 Å². The van der Waals surface area contributed by atoms with Gasteiger partial charge in [0.25, 0.3) is 11.8 Å². The van der Waals surface area contributed by atoms with Crippen molar-refractivity contribution in [3.63, 3.8) is 0 Å². The molecule has 21 nitrogen and oxygen atoms in total. The quantitative estimate of drug-likeness (QED) is 0.0672. The number of anilines is 8. The third-order valence-electron chi connectivity index (χ3n) is 13.1. The molecule has 3 aromatic heterocycles. The maximum absolute atomic E-state index is 12.0. The van der Waals surface area contributed by atoms with Gasteiger partial charge in [-0.05, 0) is 121 Å². The molecule has 0 saturated carbocycles. The monoisotopic (exact) mass is 1230 g/mol. The lowest BCUT2D eigenvalue weighted by molar-refractivity contribution is -0.131. The number of benzene rings is 3. The number of nitrogens with one attached hydrogen (secondary N) is 2. The number of aliphatic hydroxyl groups is 2. The number of aromatic nitrogens is 6. The number of carbonyl (C=O) groups is 2. The number of nitrogen functional groups attached to an aromatic ring is 3. The van der Waals surface area contributed by atoms with Crippen molar-refractivity contribution in [1.29, 1.82) is 0 Å². The molecule has 0 spiro atoms. The van der Waals surface area contributed by atoms with Gasteiger partial charge < -0.3 is 67.0 Å². The summed E-state index contributed by atoms with van der Waals surface area (Å²) in [5.74, 6) is 1.97. The van der Waals surface area contributed by atoms with Gasteiger partial charge in [-0.1, -0.05) is 68.9 Å². The third-order valence-corrected chi connectivity index (χ3v) is 14.6. The molecule has 3 aromatic carbocycles. The zero-order valence-corrected chi connectivity index (χ0v) is 50.2. The Morgan fingerprint density at radius 1 is 0.531 bits per heavy atom. The fraction of sp³-hybridized carbons (Fsp3) is 0.429. The normalized spacial score (nSPS) is 18.0. The molecular formula is C56H70BrCl3N14O7. The standard InChI is InChI=1S/2C20H26ClN5O3.C16H18BrClN4O/c2*1-12-9-17(25-19(22)23-12)26-7-4-8-29-11-16(26)14-6-5-13(10-15(14)21)24-18(27)20(2,3)28;1-10-7-15(21-16(19)20-10)22-5-2-6-23-9-14(22)12-4-3-11(17)8-13(12)18/h2*5-6,9-10,16,28H,4,7-8,11H2,1-3H3,(H,24,27)(H2,22,23,25);3-4,7-8,14H,2,5-6,9H2,1H3,(H2,19,20,21)/t16-;;/m1../s1. The van der Waals surface area contributed by atoms with Crippen LogP contribution >= 0.6 is 50.7 Å². The molecule has 10 N–H and O–H groups in total. The highest BCUT2D eigenvalue weighted by Gasteiger charge is 2.31. The van der Waals surface area contributed by atoms with Gasteiger partial charge in [-0.2, -0.15) is 15.0 Å². The predicted molar refractivity (Wildman–Crippen MR) is 322 cm³/mol. The third kappa shape index (κ3) is 17.2. The zero-order chi connectivity index (χ0) is 58.8. The maximum Gasteiger partial charge on any atom is 0.255 e. The van der Waals surface area contributed by atoms with E-state index in [0.29, 0.717) is 59.5 Å². The van der Waals surface area contributed by atoms with Gasteiger partial charge >= 0.3 is 0 Å². The molecule has 2 unspecified atom stereocenters. The number of hydrogen-bond donors (Lipinski definition) is 7. The van der Waals surface area contributed by atoms with Gasteiger partial charge in [-0.15, -0.1) is 0 Å². The van der Waals surface area contributed by atoms with Crippen molar-refractivity contribution in [3.8, 4) is 0 Å². The van der Waals surface area contributed by atoms with Crippen molar-refractivity contribution in [2.24, 2.45) is 0 Å². The van der Waals surface area contributed by atoms with Crippen LogP contribution in [0, 0.1) is 20.8 Å². The van der Waals surface area contributed by atoms with Crippen molar-refractivity contribution in [2.75, 3.05) is 102 Å². The van der Waals surface area contributed by atoms with E-state index in [9.17, 15) is 19.8 Å². The summed E-state index contributed by atoms with van der Waals surface area (Å²) in [6, 6.07) is 21.9. The molecule has 434 valence electrons. The second kappa shape index (κ2) is 27.7. The van der Waals surface area contributed by atoms with Crippen LogP contribution in [0.2, 0.25) is 15.1 Å². The lowest BCUT2D eigenvalue weighted by Gasteiger charge is -2.31. The fourth-order valence-corrected chi connectivity index (χ4v) is 10.6. The van der Waals surface area contributed by atoms with Crippen LogP contribution in [0.25, 0.3) is 0 Å². The first-order chi connectivity index (χ1) is 38.3. The number of carbonyl (C=O) groups excluding carboxylic acids is 2. The lowest BCUT2D eigenvalue weighted by atomic mass is 10.0. The highest BCUT2D eigenvalue weighted by Crippen LogP contribution is 2.38. The first-order valence-electron chi connectivity index (χ1n) is 26.3. The molecule has 6 heterocycles. The van der Waals surface area contributed by atoms with Crippen LogP contribution in [0.15, 0.2) is 77.3 Å². The molecule has 2 amide bonds. The average Bonchev–Trinajstić information content (AvgIpc) is 3.99. The van der Waals surface area contributed by atoms with E-state index in [-0.39, 0.29) is 36.0 Å². The number of nitrogens with two attached hydrogens (primary N) is 3. The minimum atomic E-state index is -1.48. The maximum atomic E-state index is 12.0. The van der Waals surface area contributed by atoms with E-state index in [1.807, 2.05) is 69.3 Å². The Morgan fingerprint density at radius 2 is 0.840 bits per heavy atom. The van der Waals surface area contributed by atoms with Crippen LogP contribution in [0.5, 0.6) is 0 Å². The SMILES string of the molecule is Cc1cc(N2CCCOCC2c2ccc(Br)cc2Cl)nc(N)n1.Cc1cc(N2CCCOCC2c2ccc(NC(=O)C(C)(C)O)cc2Cl)nc(N)n1.Cc1cc(N2CCCOC[C@@H]2c2ccc(NC(=O)C(C)(C)O)cc2Cl)nc(N)n1. The van der Waals surface area contributed by atoms with Gasteiger partial charge in [-0.3, -0.25) is 9.59 Å². The largest absolute Gasteiger partial charge is 0.381 e. The molecule has 0 radical (unpaired) electrons. The lowest BCUT2D eigenvalue weighted by Crippen LogP contribution is -2.36. The van der Waals surface area contributed by atoms with E-state index in [0.717, 1.165) is 101 Å². The molecular weight excluding hydrogens is 1170 g/mol. The van der Waals surface area contributed by atoms with E-state index < -0.39 is 23.0 Å². The number of nitrogens with zero attached hydrogens (tertiary/aromatic N) is 9. The Labute approximate surface area is 495 Å². The van der Waals surface area contributed by atoms with E-state index >= 15 is 0 Å². The van der Waals surface area contributed by atoms with Crippen LogP contribution in [-0.2, 0) is 23.8 Å². The van der Waals surface area contributed by atoms with Crippen molar-refractivity contribution >= 4 is 109 Å². The van der Waals surface area contributed by atoms with Crippen molar-refractivity contribution in [2.45, 2.75) is 97.1 Å².